The van der Waals surface area contributed by atoms with Crippen molar-refractivity contribution in [3.63, 3.8) is 0 Å². The van der Waals surface area contributed by atoms with Crippen molar-refractivity contribution in [2.75, 3.05) is 0 Å². The Kier molecular flexibility index (Phi) is 2.33. The Morgan fingerprint density at radius 2 is 2.17 bits per heavy atom. The standard InChI is InChI=1S/C8H6ClFO2/c1-4(11)6-2-5(12)3-7(10)8(6)9/h2-3,12H,1H3. The van der Waals surface area contributed by atoms with Crippen molar-refractivity contribution in [3.05, 3.63) is 28.5 Å². The molecule has 0 spiro atoms. The summed E-state index contributed by atoms with van der Waals surface area (Å²) in [5.41, 5.74) is -0.00540. The zero-order valence-electron chi connectivity index (χ0n) is 6.27. The molecule has 12 heavy (non-hydrogen) atoms. The molecule has 0 heterocycles. The first-order valence-corrected chi connectivity index (χ1v) is 3.59. The first kappa shape index (κ1) is 9.00. The summed E-state index contributed by atoms with van der Waals surface area (Å²) in [7, 11) is 0. The third kappa shape index (κ3) is 1.56. The zero-order chi connectivity index (χ0) is 9.30. The van der Waals surface area contributed by atoms with Crippen LogP contribution in [0.4, 0.5) is 4.39 Å². The molecule has 4 heteroatoms. The summed E-state index contributed by atoms with van der Waals surface area (Å²) < 4.78 is 12.8. The van der Waals surface area contributed by atoms with E-state index in [0.717, 1.165) is 12.1 Å². The Hall–Kier alpha value is -1.09. The molecule has 0 bridgehead atoms. The lowest BCUT2D eigenvalue weighted by atomic mass is 10.1. The summed E-state index contributed by atoms with van der Waals surface area (Å²) in [5.74, 6) is -1.47. The Bertz CT molecular complexity index is 336. The molecule has 1 aromatic rings. The normalized spacial score (nSPS) is 9.92. The number of carbonyl (C=O) groups is 1. The van der Waals surface area contributed by atoms with Gasteiger partial charge in [-0.2, -0.15) is 0 Å². The highest BCUT2D eigenvalue weighted by Gasteiger charge is 2.11. The smallest absolute Gasteiger partial charge is 0.161 e. The van der Waals surface area contributed by atoms with Crippen LogP contribution in [0, 0.1) is 5.82 Å². The minimum atomic E-state index is -0.790. The quantitative estimate of drug-likeness (QED) is 0.687. The van der Waals surface area contributed by atoms with E-state index < -0.39 is 5.82 Å². The van der Waals surface area contributed by atoms with E-state index in [1.54, 1.807) is 0 Å². The second-order valence-electron chi connectivity index (χ2n) is 2.35. The number of benzene rings is 1. The summed E-state index contributed by atoms with van der Waals surface area (Å²) in [5, 5.41) is 8.67. The first-order chi connectivity index (χ1) is 5.52. The molecule has 0 radical (unpaired) electrons. The van der Waals surface area contributed by atoms with Crippen molar-refractivity contribution in [2.45, 2.75) is 6.92 Å². The molecule has 2 nitrogen and oxygen atoms in total. The maximum Gasteiger partial charge on any atom is 0.161 e. The zero-order valence-corrected chi connectivity index (χ0v) is 7.02. The fourth-order valence-corrected chi connectivity index (χ4v) is 1.07. The van der Waals surface area contributed by atoms with Gasteiger partial charge in [0, 0.05) is 11.6 Å². The van der Waals surface area contributed by atoms with Crippen LogP contribution >= 0.6 is 11.6 Å². The van der Waals surface area contributed by atoms with E-state index in [2.05, 4.69) is 0 Å². The summed E-state index contributed by atoms with van der Waals surface area (Å²) in [6.45, 7) is 1.25. The van der Waals surface area contributed by atoms with E-state index >= 15 is 0 Å². The minimum absolute atomic E-state index is 0.00540. The molecule has 0 saturated carbocycles. The van der Waals surface area contributed by atoms with Crippen LogP contribution in [0.3, 0.4) is 0 Å². The van der Waals surface area contributed by atoms with Gasteiger partial charge in [0.1, 0.15) is 11.6 Å². The number of aromatic hydroxyl groups is 1. The van der Waals surface area contributed by atoms with Crippen molar-refractivity contribution in [2.24, 2.45) is 0 Å². The van der Waals surface area contributed by atoms with Gasteiger partial charge < -0.3 is 5.11 Å². The summed E-state index contributed by atoms with van der Waals surface area (Å²) >= 11 is 5.45. The lowest BCUT2D eigenvalue weighted by Crippen LogP contribution is -1.95. The van der Waals surface area contributed by atoms with Crippen molar-refractivity contribution in [1.29, 1.82) is 0 Å². The second kappa shape index (κ2) is 3.11. The van der Waals surface area contributed by atoms with Crippen LogP contribution in [-0.4, -0.2) is 10.9 Å². The van der Waals surface area contributed by atoms with Crippen LogP contribution in [0.25, 0.3) is 0 Å². The number of ketones is 1. The van der Waals surface area contributed by atoms with Crippen LogP contribution in [-0.2, 0) is 0 Å². The number of hydrogen-bond donors (Lipinski definition) is 1. The number of carbonyl (C=O) groups excluding carboxylic acids is 1. The molecule has 1 aromatic carbocycles. The van der Waals surface area contributed by atoms with Crippen LogP contribution < -0.4 is 0 Å². The molecule has 0 saturated heterocycles. The highest BCUT2D eigenvalue weighted by Crippen LogP contribution is 2.25. The highest BCUT2D eigenvalue weighted by atomic mass is 35.5. The minimum Gasteiger partial charge on any atom is -0.508 e. The topological polar surface area (TPSA) is 37.3 Å². The van der Waals surface area contributed by atoms with Crippen LogP contribution in [0.5, 0.6) is 5.75 Å². The van der Waals surface area contributed by atoms with E-state index in [4.69, 9.17) is 16.7 Å². The monoisotopic (exact) mass is 188 g/mol. The Balaban J connectivity index is 3.37. The van der Waals surface area contributed by atoms with E-state index in [0.29, 0.717) is 0 Å². The summed E-state index contributed by atoms with van der Waals surface area (Å²) in [6.07, 6.45) is 0. The molecule has 0 aliphatic heterocycles. The molecule has 0 aromatic heterocycles. The molecular formula is C8H6ClFO2. The van der Waals surface area contributed by atoms with Crippen LogP contribution in [0.2, 0.25) is 5.02 Å². The largest absolute Gasteiger partial charge is 0.508 e. The first-order valence-electron chi connectivity index (χ1n) is 3.21. The number of hydrogen-bond acceptors (Lipinski definition) is 2. The highest BCUT2D eigenvalue weighted by molar-refractivity contribution is 6.34. The summed E-state index contributed by atoms with van der Waals surface area (Å²) in [6, 6.07) is 1.99. The number of phenols is 1. The average Bonchev–Trinajstić information content (AvgIpc) is 1.96. The SMILES string of the molecule is CC(=O)c1cc(O)cc(F)c1Cl. The van der Waals surface area contributed by atoms with E-state index in [1.807, 2.05) is 0 Å². The lowest BCUT2D eigenvalue weighted by Gasteiger charge is -2.01. The maximum atomic E-state index is 12.8. The molecule has 0 aliphatic carbocycles. The van der Waals surface area contributed by atoms with Crippen LogP contribution in [0.1, 0.15) is 17.3 Å². The molecule has 0 fully saturated rings. The van der Waals surface area contributed by atoms with Gasteiger partial charge in [-0.05, 0) is 13.0 Å². The van der Waals surface area contributed by atoms with Crippen LogP contribution in [0.15, 0.2) is 12.1 Å². The van der Waals surface area contributed by atoms with Gasteiger partial charge >= 0.3 is 0 Å². The summed E-state index contributed by atoms with van der Waals surface area (Å²) in [4.78, 5) is 10.8. The molecule has 1 N–H and O–H groups in total. The van der Waals surface area contributed by atoms with Gasteiger partial charge in [0.2, 0.25) is 0 Å². The van der Waals surface area contributed by atoms with Gasteiger partial charge in [0.15, 0.2) is 5.78 Å². The number of phenolic OH excluding ortho intramolecular Hbond substituents is 1. The maximum absolute atomic E-state index is 12.8. The van der Waals surface area contributed by atoms with Gasteiger partial charge in [0.25, 0.3) is 0 Å². The average molecular weight is 189 g/mol. The molecule has 0 atom stereocenters. The number of halogens is 2. The fourth-order valence-electron chi connectivity index (χ4n) is 0.831. The Labute approximate surface area is 73.6 Å². The van der Waals surface area contributed by atoms with Crippen molar-refractivity contribution in [1.82, 2.24) is 0 Å². The van der Waals surface area contributed by atoms with Gasteiger partial charge in [-0.15, -0.1) is 0 Å². The van der Waals surface area contributed by atoms with Gasteiger partial charge in [0.05, 0.1) is 5.02 Å². The predicted molar refractivity (Wildman–Crippen MR) is 43.1 cm³/mol. The van der Waals surface area contributed by atoms with E-state index in [-0.39, 0.29) is 22.1 Å². The van der Waals surface area contributed by atoms with Crippen molar-refractivity contribution >= 4 is 17.4 Å². The molecule has 1 rings (SSSR count). The fraction of sp³-hybridized carbons (Fsp3) is 0.125. The molecule has 64 valence electrons. The molecule has 0 amide bonds. The molecular weight excluding hydrogens is 183 g/mol. The Morgan fingerprint density at radius 3 is 2.67 bits per heavy atom. The Morgan fingerprint density at radius 1 is 1.58 bits per heavy atom. The third-order valence-electron chi connectivity index (χ3n) is 1.39. The van der Waals surface area contributed by atoms with Gasteiger partial charge in [-0.25, -0.2) is 4.39 Å². The van der Waals surface area contributed by atoms with Crippen molar-refractivity contribution < 1.29 is 14.3 Å². The van der Waals surface area contributed by atoms with E-state index in [1.165, 1.54) is 6.92 Å². The van der Waals surface area contributed by atoms with Crippen molar-refractivity contribution in [3.8, 4) is 5.75 Å². The number of rotatable bonds is 1. The second-order valence-corrected chi connectivity index (χ2v) is 2.72. The molecule has 0 aliphatic rings. The van der Waals surface area contributed by atoms with Gasteiger partial charge in [-0.1, -0.05) is 11.6 Å². The number of Topliss-reactive ketones (excluding diaryl/α,β-unsaturated/α-hetero) is 1. The predicted octanol–water partition coefficient (Wildman–Crippen LogP) is 2.39. The third-order valence-corrected chi connectivity index (χ3v) is 1.78. The molecule has 0 unspecified atom stereocenters. The van der Waals surface area contributed by atoms with Gasteiger partial charge in [-0.3, -0.25) is 4.79 Å². The lowest BCUT2D eigenvalue weighted by molar-refractivity contribution is 0.101. The van der Waals surface area contributed by atoms with E-state index in [9.17, 15) is 9.18 Å².